The first-order chi connectivity index (χ1) is 9.99. The average Bonchev–Trinajstić information content (AvgIpc) is 2.49. The number of aliphatic hydroxyl groups excluding tert-OH is 6. The summed E-state index contributed by atoms with van der Waals surface area (Å²) in [6.07, 6.45) is -7.68. The Morgan fingerprint density at radius 3 is 2.19 bits per heavy atom. The third-order valence-corrected chi connectivity index (χ3v) is 3.55. The molecule has 3 unspecified atom stereocenters. The van der Waals surface area contributed by atoms with Crippen LogP contribution in [0.25, 0.3) is 0 Å². The van der Waals surface area contributed by atoms with Crippen molar-refractivity contribution in [3.05, 3.63) is 12.3 Å². The molecule has 6 N–H and O–H groups in total. The SMILES string of the molecule is OCC1OC=C[C@@H](O)[C@@H]1O[C@H]1OC(CO)[C@H](O)[C@@H](O)C1O. The van der Waals surface area contributed by atoms with Gasteiger partial charge in [0.05, 0.1) is 19.5 Å². The molecule has 0 bridgehead atoms. The molecule has 0 aromatic rings. The van der Waals surface area contributed by atoms with Crippen LogP contribution in [0.2, 0.25) is 0 Å². The molecule has 1 saturated heterocycles. The molecular weight excluding hydrogens is 288 g/mol. The fourth-order valence-corrected chi connectivity index (χ4v) is 2.28. The number of rotatable bonds is 4. The van der Waals surface area contributed by atoms with Gasteiger partial charge in [0.15, 0.2) is 6.29 Å². The molecule has 2 rings (SSSR count). The van der Waals surface area contributed by atoms with E-state index in [2.05, 4.69) is 0 Å². The fourth-order valence-electron chi connectivity index (χ4n) is 2.28. The molecule has 0 spiro atoms. The molecule has 1 fully saturated rings. The lowest BCUT2D eigenvalue weighted by Gasteiger charge is -2.42. The minimum absolute atomic E-state index is 0.441. The molecule has 8 atom stereocenters. The van der Waals surface area contributed by atoms with Crippen LogP contribution in [0.15, 0.2) is 12.3 Å². The Kier molecular flexibility index (Phi) is 5.52. The maximum atomic E-state index is 9.85. The quantitative estimate of drug-likeness (QED) is 0.310. The van der Waals surface area contributed by atoms with Gasteiger partial charge in [-0.15, -0.1) is 0 Å². The highest BCUT2D eigenvalue weighted by Crippen LogP contribution is 2.26. The van der Waals surface area contributed by atoms with E-state index in [1.54, 1.807) is 0 Å². The Hall–Kier alpha value is -0.780. The monoisotopic (exact) mass is 308 g/mol. The third-order valence-electron chi connectivity index (χ3n) is 3.55. The van der Waals surface area contributed by atoms with Crippen molar-refractivity contribution in [1.82, 2.24) is 0 Å². The first-order valence-electron chi connectivity index (χ1n) is 6.56. The summed E-state index contributed by atoms with van der Waals surface area (Å²) >= 11 is 0. The maximum Gasteiger partial charge on any atom is 0.187 e. The molecule has 2 aliphatic heterocycles. The number of hydrogen-bond acceptors (Lipinski definition) is 9. The molecule has 2 aliphatic rings. The molecule has 9 heteroatoms. The van der Waals surface area contributed by atoms with Crippen LogP contribution in [0.5, 0.6) is 0 Å². The van der Waals surface area contributed by atoms with Crippen LogP contribution < -0.4 is 0 Å². The second kappa shape index (κ2) is 6.99. The molecular formula is C12H20O9. The van der Waals surface area contributed by atoms with E-state index < -0.39 is 62.2 Å². The van der Waals surface area contributed by atoms with Gasteiger partial charge in [-0.2, -0.15) is 0 Å². The molecule has 0 saturated carbocycles. The van der Waals surface area contributed by atoms with Gasteiger partial charge in [0.1, 0.15) is 42.7 Å². The van der Waals surface area contributed by atoms with Crippen LogP contribution in [0.1, 0.15) is 0 Å². The van der Waals surface area contributed by atoms with Crippen molar-refractivity contribution < 1.29 is 44.8 Å². The summed E-state index contributed by atoms with van der Waals surface area (Å²) in [5.74, 6) is 0. The van der Waals surface area contributed by atoms with Crippen molar-refractivity contribution in [1.29, 1.82) is 0 Å². The summed E-state index contributed by atoms with van der Waals surface area (Å²) in [7, 11) is 0. The Bertz CT molecular complexity index is 361. The zero-order valence-electron chi connectivity index (χ0n) is 11.1. The largest absolute Gasteiger partial charge is 0.493 e. The molecule has 122 valence electrons. The first-order valence-corrected chi connectivity index (χ1v) is 6.56. The van der Waals surface area contributed by atoms with E-state index in [4.69, 9.17) is 19.3 Å². The fraction of sp³-hybridized carbons (Fsp3) is 0.833. The van der Waals surface area contributed by atoms with Crippen molar-refractivity contribution in [3.63, 3.8) is 0 Å². The summed E-state index contributed by atoms with van der Waals surface area (Å²) in [6, 6.07) is 0. The predicted molar refractivity (Wildman–Crippen MR) is 65.7 cm³/mol. The summed E-state index contributed by atoms with van der Waals surface area (Å²) in [4.78, 5) is 0. The Labute approximate surface area is 120 Å². The smallest absolute Gasteiger partial charge is 0.187 e. The molecule has 0 amide bonds. The Morgan fingerprint density at radius 2 is 1.57 bits per heavy atom. The highest BCUT2D eigenvalue weighted by atomic mass is 16.7. The zero-order valence-corrected chi connectivity index (χ0v) is 11.1. The second-order valence-corrected chi connectivity index (χ2v) is 4.97. The van der Waals surface area contributed by atoms with Gasteiger partial charge < -0.3 is 44.8 Å². The van der Waals surface area contributed by atoms with E-state index in [-0.39, 0.29) is 0 Å². The molecule has 0 aliphatic carbocycles. The predicted octanol–water partition coefficient (Wildman–Crippen LogP) is -3.56. The standard InChI is InChI=1S/C12H20O9/c13-3-6-8(16)9(17)10(18)12(20-6)21-11-5(15)1-2-19-7(11)4-14/h1-2,5-18H,3-4H2/t5-,6?,7?,8+,9-,10?,11+,12-/m1/s1. The van der Waals surface area contributed by atoms with Gasteiger partial charge in [-0.1, -0.05) is 0 Å². The summed E-state index contributed by atoms with van der Waals surface area (Å²) in [6.45, 7) is -1.03. The van der Waals surface area contributed by atoms with Crippen LogP contribution in [0, 0.1) is 0 Å². The highest BCUT2D eigenvalue weighted by Gasteiger charge is 2.46. The molecule has 2 heterocycles. The number of aliphatic hydroxyl groups is 6. The van der Waals surface area contributed by atoms with Crippen molar-refractivity contribution >= 4 is 0 Å². The van der Waals surface area contributed by atoms with E-state index in [1.165, 1.54) is 12.3 Å². The normalized spacial score (nSPS) is 47.1. The van der Waals surface area contributed by atoms with E-state index in [9.17, 15) is 25.5 Å². The highest BCUT2D eigenvalue weighted by molar-refractivity contribution is 4.99. The van der Waals surface area contributed by atoms with Gasteiger partial charge in [0.2, 0.25) is 0 Å². The lowest BCUT2D eigenvalue weighted by molar-refractivity contribution is -0.324. The number of hydrogen-bond donors (Lipinski definition) is 6. The van der Waals surface area contributed by atoms with Gasteiger partial charge in [0, 0.05) is 0 Å². The topological polar surface area (TPSA) is 149 Å². The van der Waals surface area contributed by atoms with Gasteiger partial charge >= 0.3 is 0 Å². The average molecular weight is 308 g/mol. The number of ether oxygens (including phenoxy) is 3. The molecule has 0 aromatic heterocycles. The minimum Gasteiger partial charge on any atom is -0.493 e. The molecule has 0 radical (unpaired) electrons. The van der Waals surface area contributed by atoms with Gasteiger partial charge in [-0.3, -0.25) is 0 Å². The van der Waals surface area contributed by atoms with Crippen molar-refractivity contribution in [2.24, 2.45) is 0 Å². The molecule has 9 nitrogen and oxygen atoms in total. The van der Waals surface area contributed by atoms with E-state index >= 15 is 0 Å². The zero-order chi connectivity index (χ0) is 15.6. The van der Waals surface area contributed by atoms with Crippen LogP contribution >= 0.6 is 0 Å². The second-order valence-electron chi connectivity index (χ2n) is 4.97. The third kappa shape index (κ3) is 3.35. The first kappa shape index (κ1) is 16.6. The summed E-state index contributed by atoms with van der Waals surface area (Å²) < 4.78 is 15.6. The van der Waals surface area contributed by atoms with Gasteiger partial charge in [-0.25, -0.2) is 0 Å². The van der Waals surface area contributed by atoms with Crippen LogP contribution in [-0.4, -0.2) is 92.9 Å². The molecule has 21 heavy (non-hydrogen) atoms. The van der Waals surface area contributed by atoms with Crippen LogP contribution in [-0.2, 0) is 14.2 Å². The van der Waals surface area contributed by atoms with E-state index in [0.717, 1.165) is 0 Å². The van der Waals surface area contributed by atoms with Crippen LogP contribution in [0.4, 0.5) is 0 Å². The van der Waals surface area contributed by atoms with Crippen molar-refractivity contribution in [2.45, 2.75) is 49.0 Å². The van der Waals surface area contributed by atoms with Crippen LogP contribution in [0.3, 0.4) is 0 Å². The van der Waals surface area contributed by atoms with Crippen molar-refractivity contribution in [2.75, 3.05) is 13.2 Å². The van der Waals surface area contributed by atoms with Gasteiger partial charge in [0.25, 0.3) is 0 Å². The Morgan fingerprint density at radius 1 is 0.905 bits per heavy atom. The Balaban J connectivity index is 2.08. The lowest BCUT2D eigenvalue weighted by atomic mass is 9.99. The summed E-state index contributed by atoms with van der Waals surface area (Å²) in [5, 5.41) is 57.3. The van der Waals surface area contributed by atoms with E-state index in [0.29, 0.717) is 0 Å². The lowest BCUT2D eigenvalue weighted by Crippen LogP contribution is -2.61. The minimum atomic E-state index is -1.58. The van der Waals surface area contributed by atoms with Crippen molar-refractivity contribution in [3.8, 4) is 0 Å². The maximum absolute atomic E-state index is 9.85. The van der Waals surface area contributed by atoms with E-state index in [1.807, 2.05) is 0 Å². The molecule has 0 aromatic carbocycles. The van der Waals surface area contributed by atoms with Gasteiger partial charge in [-0.05, 0) is 6.08 Å². The summed E-state index contributed by atoms with van der Waals surface area (Å²) in [5.41, 5.74) is 0.